The number of nitrogens with one attached hydrogen (secondary N) is 1. The number of sulfonamides is 1. The van der Waals surface area contributed by atoms with E-state index >= 15 is 0 Å². The van der Waals surface area contributed by atoms with Crippen LogP contribution in [0.25, 0.3) is 0 Å². The quantitative estimate of drug-likeness (QED) is 0.782. The maximum Gasteiger partial charge on any atom is 0.261 e. The Labute approximate surface area is 136 Å². The zero-order valence-electron chi connectivity index (χ0n) is 10.9. The Kier molecular flexibility index (Phi) is 4.65. The molecule has 5 nitrogen and oxygen atoms in total. The van der Waals surface area contributed by atoms with Gasteiger partial charge in [-0.15, -0.1) is 0 Å². The summed E-state index contributed by atoms with van der Waals surface area (Å²) in [5.41, 5.74) is 6.36. The minimum Gasteiger partial charge on any atom is -0.495 e. The van der Waals surface area contributed by atoms with Crippen molar-refractivity contribution < 1.29 is 13.2 Å². The average Bonchev–Trinajstić information content (AvgIpc) is 2.42. The first-order valence-corrected chi connectivity index (χ1v) is 8.40. The zero-order valence-corrected chi connectivity index (χ0v) is 14.1. The molecular weight excluding hydrogens is 380 g/mol. The zero-order chi connectivity index (χ0) is 15.6. The molecule has 0 saturated carbocycles. The van der Waals surface area contributed by atoms with Crippen molar-refractivity contribution in [3.63, 3.8) is 0 Å². The van der Waals surface area contributed by atoms with Crippen LogP contribution >= 0.6 is 27.5 Å². The number of halogens is 2. The van der Waals surface area contributed by atoms with E-state index in [0.29, 0.717) is 20.9 Å². The molecule has 2 aromatic rings. The Bertz CT molecular complexity index is 781. The molecule has 112 valence electrons. The number of rotatable bonds is 4. The molecule has 8 heteroatoms. The summed E-state index contributed by atoms with van der Waals surface area (Å²) in [6, 6.07) is 8.99. The van der Waals surface area contributed by atoms with Gasteiger partial charge in [0.25, 0.3) is 10.0 Å². The number of hydrogen-bond acceptors (Lipinski definition) is 4. The molecule has 21 heavy (non-hydrogen) atoms. The second-order valence-electron chi connectivity index (χ2n) is 4.14. The molecule has 0 aliphatic rings. The largest absolute Gasteiger partial charge is 0.495 e. The summed E-state index contributed by atoms with van der Waals surface area (Å²) >= 11 is 9.11. The highest BCUT2D eigenvalue weighted by Gasteiger charge is 2.16. The molecule has 2 aromatic carbocycles. The van der Waals surface area contributed by atoms with E-state index in [9.17, 15) is 8.42 Å². The van der Waals surface area contributed by atoms with Crippen LogP contribution in [0.15, 0.2) is 45.8 Å². The first-order valence-electron chi connectivity index (χ1n) is 5.75. The molecule has 0 heterocycles. The van der Waals surface area contributed by atoms with E-state index in [-0.39, 0.29) is 10.6 Å². The molecule has 0 aromatic heterocycles. The van der Waals surface area contributed by atoms with Crippen LogP contribution < -0.4 is 15.2 Å². The third-order valence-electron chi connectivity index (χ3n) is 2.68. The Hall–Kier alpha value is -1.44. The topological polar surface area (TPSA) is 81.4 Å². The van der Waals surface area contributed by atoms with E-state index in [2.05, 4.69) is 20.7 Å². The SMILES string of the molecule is COc1ccc(S(=O)(=O)Nc2ccc(Cl)c(Br)c2)cc1N. The van der Waals surface area contributed by atoms with E-state index in [1.54, 1.807) is 18.2 Å². The van der Waals surface area contributed by atoms with Crippen molar-refractivity contribution in [3.05, 3.63) is 45.9 Å². The molecule has 0 aliphatic carbocycles. The number of anilines is 2. The number of nitrogen functional groups attached to an aromatic ring is 1. The summed E-state index contributed by atoms with van der Waals surface area (Å²) in [5.74, 6) is 0.420. The van der Waals surface area contributed by atoms with E-state index in [0.717, 1.165) is 0 Å². The Morgan fingerprint density at radius 3 is 2.52 bits per heavy atom. The van der Waals surface area contributed by atoms with E-state index in [1.807, 2.05) is 0 Å². The first-order chi connectivity index (χ1) is 9.83. The fourth-order valence-corrected chi connectivity index (χ4v) is 3.23. The molecular formula is C13H12BrClN2O3S. The van der Waals surface area contributed by atoms with Crippen LogP contribution in [-0.4, -0.2) is 15.5 Å². The summed E-state index contributed by atoms with van der Waals surface area (Å²) in [5, 5.41) is 0.492. The van der Waals surface area contributed by atoms with Crippen LogP contribution in [0, 0.1) is 0 Å². The monoisotopic (exact) mass is 390 g/mol. The summed E-state index contributed by atoms with van der Waals surface area (Å²) in [4.78, 5) is 0.0480. The molecule has 0 saturated heterocycles. The Morgan fingerprint density at radius 2 is 1.95 bits per heavy atom. The van der Waals surface area contributed by atoms with Gasteiger partial charge in [0.05, 0.1) is 28.4 Å². The van der Waals surface area contributed by atoms with Crippen molar-refractivity contribution >= 4 is 48.9 Å². The summed E-state index contributed by atoms with van der Waals surface area (Å²) in [6.07, 6.45) is 0. The minimum atomic E-state index is -3.74. The number of methoxy groups -OCH3 is 1. The smallest absolute Gasteiger partial charge is 0.261 e. The maximum absolute atomic E-state index is 12.3. The fraction of sp³-hybridized carbons (Fsp3) is 0.0769. The van der Waals surface area contributed by atoms with Crippen molar-refractivity contribution in [2.75, 3.05) is 17.6 Å². The van der Waals surface area contributed by atoms with Gasteiger partial charge in [-0.25, -0.2) is 8.42 Å². The molecule has 0 fully saturated rings. The van der Waals surface area contributed by atoms with Crippen LogP contribution in [0.1, 0.15) is 0 Å². The summed E-state index contributed by atoms with van der Waals surface area (Å²) < 4.78 is 32.6. The second-order valence-corrected chi connectivity index (χ2v) is 7.08. The summed E-state index contributed by atoms with van der Waals surface area (Å²) in [6.45, 7) is 0. The third kappa shape index (κ3) is 3.61. The van der Waals surface area contributed by atoms with Gasteiger partial charge < -0.3 is 10.5 Å². The van der Waals surface area contributed by atoms with E-state index in [1.165, 1.54) is 25.3 Å². The van der Waals surface area contributed by atoms with Gasteiger partial charge in [0.15, 0.2) is 0 Å². The highest BCUT2D eigenvalue weighted by atomic mass is 79.9. The average molecular weight is 392 g/mol. The lowest BCUT2D eigenvalue weighted by Crippen LogP contribution is -2.13. The first kappa shape index (κ1) is 15.9. The third-order valence-corrected chi connectivity index (χ3v) is 5.28. The van der Waals surface area contributed by atoms with Crippen molar-refractivity contribution in [1.29, 1.82) is 0 Å². The highest BCUT2D eigenvalue weighted by molar-refractivity contribution is 9.10. The molecule has 0 spiro atoms. The number of hydrogen-bond donors (Lipinski definition) is 2. The van der Waals surface area contributed by atoms with Crippen molar-refractivity contribution in [2.24, 2.45) is 0 Å². The fourth-order valence-electron chi connectivity index (χ4n) is 1.65. The van der Waals surface area contributed by atoms with Gasteiger partial charge in [0, 0.05) is 4.47 Å². The van der Waals surface area contributed by atoms with Crippen LogP contribution in [0.2, 0.25) is 5.02 Å². The number of ether oxygens (including phenoxy) is 1. The highest BCUT2D eigenvalue weighted by Crippen LogP contribution is 2.28. The Balaban J connectivity index is 2.33. The second kappa shape index (κ2) is 6.13. The molecule has 0 amide bonds. The van der Waals surface area contributed by atoms with E-state index in [4.69, 9.17) is 22.1 Å². The van der Waals surface area contributed by atoms with E-state index < -0.39 is 10.0 Å². The van der Waals surface area contributed by atoms with Gasteiger partial charge in [0.1, 0.15) is 5.75 Å². The van der Waals surface area contributed by atoms with Crippen molar-refractivity contribution in [1.82, 2.24) is 0 Å². The molecule has 0 radical (unpaired) electrons. The molecule has 0 bridgehead atoms. The van der Waals surface area contributed by atoms with Gasteiger partial charge >= 0.3 is 0 Å². The predicted molar refractivity (Wildman–Crippen MR) is 87.4 cm³/mol. The lowest BCUT2D eigenvalue weighted by atomic mass is 10.3. The molecule has 3 N–H and O–H groups in total. The normalized spacial score (nSPS) is 11.2. The number of nitrogens with two attached hydrogens (primary N) is 1. The molecule has 0 atom stereocenters. The van der Waals surface area contributed by atoms with Crippen LogP contribution in [0.4, 0.5) is 11.4 Å². The maximum atomic E-state index is 12.3. The van der Waals surface area contributed by atoms with Crippen molar-refractivity contribution in [3.8, 4) is 5.75 Å². The molecule has 2 rings (SSSR count). The lowest BCUT2D eigenvalue weighted by Gasteiger charge is -2.11. The molecule has 0 aliphatic heterocycles. The van der Waals surface area contributed by atoms with Crippen LogP contribution in [0.5, 0.6) is 5.75 Å². The minimum absolute atomic E-state index is 0.0480. The van der Waals surface area contributed by atoms with Crippen LogP contribution in [0.3, 0.4) is 0 Å². The summed E-state index contributed by atoms with van der Waals surface area (Å²) in [7, 11) is -2.28. The van der Waals surface area contributed by atoms with Gasteiger partial charge in [-0.1, -0.05) is 11.6 Å². The van der Waals surface area contributed by atoms with Crippen LogP contribution in [-0.2, 0) is 10.0 Å². The van der Waals surface area contributed by atoms with Gasteiger partial charge in [-0.05, 0) is 52.3 Å². The standard InChI is InChI=1S/C13H12BrClN2O3S/c1-20-13-5-3-9(7-12(13)16)21(18,19)17-8-2-4-11(15)10(14)6-8/h2-7,17H,16H2,1H3. The predicted octanol–water partition coefficient (Wildman–Crippen LogP) is 3.49. The number of benzene rings is 2. The van der Waals surface area contributed by atoms with Gasteiger partial charge in [-0.2, -0.15) is 0 Å². The van der Waals surface area contributed by atoms with Gasteiger partial charge in [-0.3, -0.25) is 4.72 Å². The lowest BCUT2D eigenvalue weighted by molar-refractivity contribution is 0.416. The molecule has 0 unspecified atom stereocenters. The Morgan fingerprint density at radius 1 is 1.24 bits per heavy atom. The van der Waals surface area contributed by atoms with Gasteiger partial charge in [0.2, 0.25) is 0 Å². The van der Waals surface area contributed by atoms with Crippen molar-refractivity contribution in [2.45, 2.75) is 4.90 Å².